The van der Waals surface area contributed by atoms with Crippen LogP contribution in [0.25, 0.3) is 0 Å². The molecule has 0 atom stereocenters. The molecule has 1 aliphatic carbocycles. The summed E-state index contributed by atoms with van der Waals surface area (Å²) in [7, 11) is -4.28. The minimum Gasteiger partial charge on any atom is -0.264 e. The van der Waals surface area contributed by atoms with Crippen LogP contribution >= 0.6 is 0 Å². The van der Waals surface area contributed by atoms with Gasteiger partial charge in [0.15, 0.2) is 0 Å². The Labute approximate surface area is 72.9 Å². The van der Waals surface area contributed by atoms with Crippen molar-refractivity contribution in [2.45, 2.75) is 44.6 Å². The zero-order valence-corrected chi connectivity index (χ0v) is 7.93. The molecule has 0 aromatic carbocycles. The lowest BCUT2D eigenvalue weighted by Gasteiger charge is -2.24. The van der Waals surface area contributed by atoms with Crippen LogP contribution in [-0.2, 0) is 14.6 Å². The largest absolute Gasteiger partial charge is 0.397 e. The van der Waals surface area contributed by atoms with Gasteiger partial charge in [0.1, 0.15) is 0 Å². The van der Waals surface area contributed by atoms with Gasteiger partial charge in [-0.25, -0.2) is 4.18 Å². The predicted molar refractivity (Wildman–Crippen MR) is 44.1 cm³/mol. The number of hydrogen-bond acceptors (Lipinski definition) is 3. The minimum absolute atomic E-state index is 0.617. The van der Waals surface area contributed by atoms with Crippen molar-refractivity contribution in [1.29, 1.82) is 0 Å². The van der Waals surface area contributed by atoms with Gasteiger partial charge >= 0.3 is 10.4 Å². The Balaban J connectivity index is 2.68. The van der Waals surface area contributed by atoms with Gasteiger partial charge in [0, 0.05) is 0 Å². The van der Waals surface area contributed by atoms with Gasteiger partial charge in [0.05, 0.1) is 5.60 Å². The highest BCUT2D eigenvalue weighted by Gasteiger charge is 2.37. The molecule has 0 amide bonds. The highest BCUT2D eigenvalue weighted by atomic mass is 32.3. The SMILES string of the molecule is CCC1(OS(=O)(=O)O)CCCC1. The first-order valence-corrected chi connectivity index (χ1v) is 5.52. The molecular formula is C7H14O4S. The summed E-state index contributed by atoms with van der Waals surface area (Å²) in [4.78, 5) is 0. The van der Waals surface area contributed by atoms with Crippen molar-refractivity contribution in [2.75, 3.05) is 0 Å². The summed E-state index contributed by atoms with van der Waals surface area (Å²) in [5, 5.41) is 0. The molecule has 0 aromatic rings. The first kappa shape index (κ1) is 9.95. The molecule has 72 valence electrons. The number of hydrogen-bond donors (Lipinski definition) is 1. The molecule has 1 saturated carbocycles. The molecule has 5 heteroatoms. The predicted octanol–water partition coefficient (Wildman–Crippen LogP) is 1.53. The van der Waals surface area contributed by atoms with E-state index in [1.165, 1.54) is 0 Å². The molecule has 1 rings (SSSR count). The monoisotopic (exact) mass is 194 g/mol. The lowest BCUT2D eigenvalue weighted by atomic mass is 10.00. The number of rotatable bonds is 3. The molecule has 1 aliphatic rings. The van der Waals surface area contributed by atoms with Crippen molar-refractivity contribution in [3.8, 4) is 0 Å². The summed E-state index contributed by atoms with van der Waals surface area (Å²) in [6.45, 7) is 1.87. The second kappa shape index (κ2) is 3.32. The zero-order valence-electron chi connectivity index (χ0n) is 7.12. The highest BCUT2D eigenvalue weighted by molar-refractivity contribution is 7.80. The van der Waals surface area contributed by atoms with Crippen molar-refractivity contribution in [2.24, 2.45) is 0 Å². The molecule has 0 aromatic heterocycles. The fourth-order valence-corrected chi connectivity index (χ4v) is 2.47. The van der Waals surface area contributed by atoms with E-state index >= 15 is 0 Å². The maximum absolute atomic E-state index is 10.5. The van der Waals surface area contributed by atoms with Gasteiger partial charge in [-0.1, -0.05) is 19.8 Å². The van der Waals surface area contributed by atoms with Gasteiger partial charge in [0.25, 0.3) is 0 Å². The molecule has 1 N–H and O–H groups in total. The summed E-state index contributed by atoms with van der Waals surface area (Å²) < 4.78 is 34.2. The van der Waals surface area contributed by atoms with Crippen molar-refractivity contribution >= 4 is 10.4 Å². The van der Waals surface area contributed by atoms with Gasteiger partial charge in [-0.2, -0.15) is 8.42 Å². The van der Waals surface area contributed by atoms with Crippen LogP contribution in [0.2, 0.25) is 0 Å². The molecule has 12 heavy (non-hydrogen) atoms. The van der Waals surface area contributed by atoms with Gasteiger partial charge in [-0.15, -0.1) is 0 Å². The molecule has 0 saturated heterocycles. The Bertz CT molecular complexity index is 238. The van der Waals surface area contributed by atoms with E-state index in [-0.39, 0.29) is 0 Å². The van der Waals surface area contributed by atoms with Crippen molar-refractivity contribution in [1.82, 2.24) is 0 Å². The van der Waals surface area contributed by atoms with Gasteiger partial charge in [-0.3, -0.25) is 4.55 Å². The molecular weight excluding hydrogens is 180 g/mol. The van der Waals surface area contributed by atoms with Crippen LogP contribution in [-0.4, -0.2) is 18.6 Å². The maximum atomic E-state index is 10.5. The molecule has 1 fully saturated rings. The standard InChI is InChI=1S/C7H14O4S/c1-2-7(5-3-4-6-7)11-12(8,9)10/h2-6H2,1H3,(H,8,9,10). The van der Waals surface area contributed by atoms with Crippen molar-refractivity contribution < 1.29 is 17.2 Å². The van der Waals surface area contributed by atoms with Crippen molar-refractivity contribution in [3.05, 3.63) is 0 Å². The summed E-state index contributed by atoms with van der Waals surface area (Å²) in [5.41, 5.74) is -0.617. The van der Waals surface area contributed by atoms with Crippen molar-refractivity contribution in [3.63, 3.8) is 0 Å². The molecule has 0 aliphatic heterocycles. The topological polar surface area (TPSA) is 63.6 Å². The minimum atomic E-state index is -4.28. The average molecular weight is 194 g/mol. The summed E-state index contributed by atoms with van der Waals surface area (Å²) >= 11 is 0. The van der Waals surface area contributed by atoms with E-state index in [0.29, 0.717) is 6.42 Å². The van der Waals surface area contributed by atoms with E-state index in [1.54, 1.807) is 0 Å². The Morgan fingerprint density at radius 2 is 1.92 bits per heavy atom. The Morgan fingerprint density at radius 3 is 2.25 bits per heavy atom. The fraction of sp³-hybridized carbons (Fsp3) is 1.00. The Kier molecular flexibility index (Phi) is 2.75. The maximum Gasteiger partial charge on any atom is 0.397 e. The van der Waals surface area contributed by atoms with Gasteiger partial charge in [-0.05, 0) is 19.3 Å². The molecule has 0 unspecified atom stereocenters. The van der Waals surface area contributed by atoms with E-state index in [1.807, 2.05) is 6.92 Å². The second-order valence-corrected chi connectivity index (χ2v) is 4.28. The van der Waals surface area contributed by atoms with E-state index in [2.05, 4.69) is 4.18 Å². The highest BCUT2D eigenvalue weighted by Crippen LogP contribution is 2.36. The second-order valence-electron chi connectivity index (χ2n) is 3.25. The smallest absolute Gasteiger partial charge is 0.264 e. The average Bonchev–Trinajstić information content (AvgIpc) is 2.34. The third kappa shape index (κ3) is 2.43. The van der Waals surface area contributed by atoms with Crippen LogP contribution in [0.5, 0.6) is 0 Å². The first-order chi connectivity index (χ1) is 5.47. The molecule has 0 heterocycles. The van der Waals surface area contributed by atoms with E-state index in [0.717, 1.165) is 25.7 Å². The molecule has 0 spiro atoms. The van der Waals surface area contributed by atoms with Crippen LogP contribution in [0.3, 0.4) is 0 Å². The van der Waals surface area contributed by atoms with Gasteiger partial charge in [0.2, 0.25) is 0 Å². The van der Waals surface area contributed by atoms with Crippen LogP contribution in [0.1, 0.15) is 39.0 Å². The normalized spacial score (nSPS) is 22.8. The van der Waals surface area contributed by atoms with Crippen LogP contribution in [0.15, 0.2) is 0 Å². The van der Waals surface area contributed by atoms with Crippen LogP contribution < -0.4 is 0 Å². The quantitative estimate of drug-likeness (QED) is 0.692. The summed E-state index contributed by atoms with van der Waals surface area (Å²) in [6.07, 6.45) is 4.03. The molecule has 4 nitrogen and oxygen atoms in total. The Morgan fingerprint density at radius 1 is 1.42 bits per heavy atom. The van der Waals surface area contributed by atoms with Gasteiger partial charge < -0.3 is 0 Å². The zero-order chi connectivity index (χ0) is 9.24. The third-order valence-electron chi connectivity index (χ3n) is 2.44. The lowest BCUT2D eigenvalue weighted by molar-refractivity contribution is 0.0651. The lowest BCUT2D eigenvalue weighted by Crippen LogP contribution is -2.30. The van der Waals surface area contributed by atoms with Crippen LogP contribution in [0, 0.1) is 0 Å². The van der Waals surface area contributed by atoms with E-state index in [9.17, 15) is 8.42 Å². The Hall–Kier alpha value is -0.130. The summed E-state index contributed by atoms with van der Waals surface area (Å²) in [6, 6.07) is 0. The van der Waals surface area contributed by atoms with E-state index in [4.69, 9.17) is 4.55 Å². The van der Waals surface area contributed by atoms with Crippen LogP contribution in [0.4, 0.5) is 0 Å². The summed E-state index contributed by atoms with van der Waals surface area (Å²) in [5.74, 6) is 0. The molecule has 0 radical (unpaired) electrons. The molecule has 0 bridgehead atoms. The first-order valence-electron chi connectivity index (χ1n) is 4.15. The van der Waals surface area contributed by atoms with E-state index < -0.39 is 16.0 Å². The fourth-order valence-electron chi connectivity index (χ4n) is 1.74. The third-order valence-corrected chi connectivity index (χ3v) is 3.01.